The number of rotatable bonds is 5. The Morgan fingerprint density at radius 2 is 2.05 bits per heavy atom. The first kappa shape index (κ1) is 15.5. The Labute approximate surface area is 114 Å². The Hall–Kier alpha value is -1.55. The lowest BCUT2D eigenvalue weighted by Gasteiger charge is -2.25. The largest absolute Gasteiger partial charge is 0.508 e. The lowest BCUT2D eigenvalue weighted by atomic mass is 9.94. The summed E-state index contributed by atoms with van der Waals surface area (Å²) < 4.78 is 0. The van der Waals surface area contributed by atoms with E-state index in [4.69, 9.17) is 0 Å². The maximum Gasteiger partial charge on any atom is 0.251 e. The minimum absolute atomic E-state index is 0.0987. The third-order valence-corrected chi connectivity index (χ3v) is 3.03. The van der Waals surface area contributed by atoms with Gasteiger partial charge in [-0.2, -0.15) is 0 Å². The molecule has 1 amide bonds. The summed E-state index contributed by atoms with van der Waals surface area (Å²) >= 11 is 0. The number of aromatic hydroxyl groups is 1. The predicted molar refractivity (Wildman–Crippen MR) is 75.3 cm³/mol. The van der Waals surface area contributed by atoms with Crippen LogP contribution < -0.4 is 5.32 Å². The van der Waals surface area contributed by atoms with Crippen molar-refractivity contribution in [2.45, 2.75) is 39.7 Å². The molecule has 0 aliphatic heterocycles. The van der Waals surface area contributed by atoms with Crippen LogP contribution in [0.5, 0.6) is 5.75 Å². The highest BCUT2D eigenvalue weighted by Crippen LogP contribution is 2.20. The lowest BCUT2D eigenvalue weighted by Crippen LogP contribution is -2.41. The summed E-state index contributed by atoms with van der Waals surface area (Å²) in [7, 11) is 0. The van der Waals surface area contributed by atoms with Crippen LogP contribution in [0.15, 0.2) is 18.2 Å². The van der Waals surface area contributed by atoms with E-state index in [1.165, 1.54) is 0 Å². The molecule has 1 aromatic carbocycles. The van der Waals surface area contributed by atoms with Gasteiger partial charge in [-0.05, 0) is 38.3 Å². The number of amides is 1. The molecule has 0 saturated heterocycles. The van der Waals surface area contributed by atoms with Crippen molar-refractivity contribution in [3.8, 4) is 5.75 Å². The molecule has 0 fully saturated rings. The molecule has 0 spiro atoms. The third-order valence-electron chi connectivity index (χ3n) is 3.03. The van der Waals surface area contributed by atoms with Crippen LogP contribution in [0.4, 0.5) is 0 Å². The fourth-order valence-corrected chi connectivity index (χ4v) is 2.19. The fourth-order valence-electron chi connectivity index (χ4n) is 2.19. The van der Waals surface area contributed by atoms with Gasteiger partial charge in [0.05, 0.1) is 5.60 Å². The van der Waals surface area contributed by atoms with Crippen molar-refractivity contribution < 1.29 is 15.0 Å². The molecule has 19 heavy (non-hydrogen) atoms. The number of hydrogen-bond donors (Lipinski definition) is 3. The van der Waals surface area contributed by atoms with E-state index in [1.54, 1.807) is 32.0 Å². The highest BCUT2D eigenvalue weighted by atomic mass is 16.3. The second kappa shape index (κ2) is 6.06. The van der Waals surface area contributed by atoms with Crippen LogP contribution in [0, 0.1) is 12.8 Å². The summed E-state index contributed by atoms with van der Waals surface area (Å²) in [6, 6.07) is 4.83. The summed E-state index contributed by atoms with van der Waals surface area (Å²) in [6.07, 6.45) is 0.617. The first-order chi connectivity index (χ1) is 8.73. The van der Waals surface area contributed by atoms with E-state index in [-0.39, 0.29) is 18.2 Å². The molecule has 4 heteroatoms. The quantitative estimate of drug-likeness (QED) is 0.764. The van der Waals surface area contributed by atoms with E-state index < -0.39 is 5.60 Å². The second-order valence-electron chi connectivity index (χ2n) is 5.73. The van der Waals surface area contributed by atoms with Gasteiger partial charge in [0.25, 0.3) is 5.91 Å². The molecule has 0 aliphatic carbocycles. The summed E-state index contributed by atoms with van der Waals surface area (Å²) in [5, 5.41) is 22.4. The Kier molecular flexibility index (Phi) is 4.95. The van der Waals surface area contributed by atoms with Gasteiger partial charge in [-0.15, -0.1) is 0 Å². The van der Waals surface area contributed by atoms with Gasteiger partial charge >= 0.3 is 0 Å². The number of phenolic OH excluding ortho intramolecular Hbond substituents is 1. The SMILES string of the molecule is Cc1c(O)cccc1C(=O)NCC(C)(O)CC(C)C. The number of nitrogens with one attached hydrogen (secondary N) is 1. The molecule has 0 saturated carbocycles. The van der Waals surface area contributed by atoms with Gasteiger partial charge in [-0.3, -0.25) is 4.79 Å². The van der Waals surface area contributed by atoms with E-state index in [2.05, 4.69) is 5.32 Å². The predicted octanol–water partition coefficient (Wildman–Crippen LogP) is 2.23. The zero-order valence-corrected chi connectivity index (χ0v) is 12.0. The van der Waals surface area contributed by atoms with E-state index in [0.717, 1.165) is 0 Å². The summed E-state index contributed by atoms with van der Waals surface area (Å²) in [5.41, 5.74) is 0.0537. The Morgan fingerprint density at radius 3 is 2.63 bits per heavy atom. The Morgan fingerprint density at radius 1 is 1.42 bits per heavy atom. The smallest absolute Gasteiger partial charge is 0.251 e. The number of hydrogen-bond acceptors (Lipinski definition) is 3. The van der Waals surface area contributed by atoms with Crippen LogP contribution in [-0.4, -0.2) is 28.3 Å². The van der Waals surface area contributed by atoms with Gasteiger partial charge in [0, 0.05) is 17.7 Å². The van der Waals surface area contributed by atoms with Gasteiger partial charge in [0.15, 0.2) is 0 Å². The first-order valence-corrected chi connectivity index (χ1v) is 6.52. The molecule has 0 heterocycles. The van der Waals surface area contributed by atoms with Crippen molar-refractivity contribution >= 4 is 5.91 Å². The maximum absolute atomic E-state index is 12.0. The maximum atomic E-state index is 12.0. The molecule has 4 nitrogen and oxygen atoms in total. The molecule has 1 aromatic rings. The number of aliphatic hydroxyl groups is 1. The van der Waals surface area contributed by atoms with Crippen LogP contribution >= 0.6 is 0 Å². The highest BCUT2D eigenvalue weighted by Gasteiger charge is 2.23. The molecule has 0 aromatic heterocycles. The minimum atomic E-state index is -0.922. The van der Waals surface area contributed by atoms with Crippen molar-refractivity contribution in [3.63, 3.8) is 0 Å². The summed E-state index contributed by atoms with van der Waals surface area (Å²) in [6.45, 7) is 7.64. The van der Waals surface area contributed by atoms with E-state index in [1.807, 2.05) is 13.8 Å². The normalized spacial score (nSPS) is 14.2. The average molecular weight is 265 g/mol. The number of benzene rings is 1. The lowest BCUT2D eigenvalue weighted by molar-refractivity contribution is 0.0368. The van der Waals surface area contributed by atoms with E-state index in [0.29, 0.717) is 23.5 Å². The monoisotopic (exact) mass is 265 g/mol. The average Bonchev–Trinajstić information content (AvgIpc) is 2.28. The highest BCUT2D eigenvalue weighted by molar-refractivity contribution is 5.96. The second-order valence-corrected chi connectivity index (χ2v) is 5.73. The number of carbonyl (C=O) groups is 1. The molecule has 106 valence electrons. The van der Waals surface area contributed by atoms with Crippen molar-refractivity contribution in [2.24, 2.45) is 5.92 Å². The molecule has 0 bridgehead atoms. The van der Waals surface area contributed by atoms with Crippen LogP contribution in [0.3, 0.4) is 0 Å². The zero-order chi connectivity index (χ0) is 14.6. The topological polar surface area (TPSA) is 69.6 Å². The zero-order valence-electron chi connectivity index (χ0n) is 12.0. The molecule has 0 aliphatic rings. The van der Waals surface area contributed by atoms with Crippen molar-refractivity contribution in [1.29, 1.82) is 0 Å². The summed E-state index contributed by atoms with van der Waals surface area (Å²) in [4.78, 5) is 12.0. The molecule has 0 radical (unpaired) electrons. The Bertz CT molecular complexity index is 453. The van der Waals surface area contributed by atoms with Gasteiger partial charge < -0.3 is 15.5 Å². The first-order valence-electron chi connectivity index (χ1n) is 6.52. The summed E-state index contributed by atoms with van der Waals surface area (Å²) in [5.74, 6) is 0.174. The number of carbonyl (C=O) groups excluding carboxylic acids is 1. The van der Waals surface area contributed by atoms with Crippen molar-refractivity contribution in [2.75, 3.05) is 6.54 Å². The van der Waals surface area contributed by atoms with Crippen LogP contribution in [-0.2, 0) is 0 Å². The molecular weight excluding hydrogens is 242 g/mol. The third kappa shape index (κ3) is 4.56. The van der Waals surface area contributed by atoms with Crippen molar-refractivity contribution in [3.05, 3.63) is 29.3 Å². The molecule has 3 N–H and O–H groups in total. The standard InChI is InChI=1S/C15H23NO3/c1-10(2)8-15(4,19)9-16-14(18)12-6-5-7-13(17)11(12)3/h5-7,10,17,19H,8-9H2,1-4H3,(H,16,18). The van der Waals surface area contributed by atoms with Crippen molar-refractivity contribution in [1.82, 2.24) is 5.32 Å². The Balaban J connectivity index is 2.68. The van der Waals surface area contributed by atoms with Crippen LogP contribution in [0.1, 0.15) is 43.1 Å². The van der Waals surface area contributed by atoms with Gasteiger partial charge in [-0.1, -0.05) is 19.9 Å². The van der Waals surface area contributed by atoms with Gasteiger partial charge in [0.2, 0.25) is 0 Å². The van der Waals surface area contributed by atoms with Gasteiger partial charge in [0.1, 0.15) is 5.75 Å². The molecular formula is C15H23NO3. The number of phenols is 1. The van der Waals surface area contributed by atoms with E-state index in [9.17, 15) is 15.0 Å². The van der Waals surface area contributed by atoms with E-state index >= 15 is 0 Å². The van der Waals surface area contributed by atoms with Gasteiger partial charge in [-0.25, -0.2) is 0 Å². The molecule has 1 atom stereocenters. The van der Waals surface area contributed by atoms with Crippen LogP contribution in [0.2, 0.25) is 0 Å². The molecule has 1 unspecified atom stereocenters. The minimum Gasteiger partial charge on any atom is -0.508 e. The molecule has 1 rings (SSSR count). The van der Waals surface area contributed by atoms with Crippen LogP contribution in [0.25, 0.3) is 0 Å². The fraction of sp³-hybridized carbons (Fsp3) is 0.533.